The summed E-state index contributed by atoms with van der Waals surface area (Å²) >= 11 is 2.81. The largest absolute Gasteiger partial charge is 0.283 e. The van der Waals surface area contributed by atoms with Crippen molar-refractivity contribution in [3.8, 4) is 0 Å². The van der Waals surface area contributed by atoms with Gasteiger partial charge in [0.1, 0.15) is 4.66 Å². The first kappa shape index (κ1) is 11.9. The molecule has 1 N–H and O–H groups in total. The molecule has 0 aromatic heterocycles. The van der Waals surface area contributed by atoms with Gasteiger partial charge in [-0.2, -0.15) is 0 Å². The van der Waals surface area contributed by atoms with E-state index >= 15 is 0 Å². The number of hydrogen-bond donors (Lipinski definition) is 1. The minimum atomic E-state index is -3.41. The van der Waals surface area contributed by atoms with Crippen molar-refractivity contribution in [3.63, 3.8) is 0 Å². The maximum atomic E-state index is 11.1. The first-order valence-corrected chi connectivity index (χ1v) is 6.53. The Bertz CT molecular complexity index is 456. The third-order valence-electron chi connectivity index (χ3n) is 1.50. The summed E-state index contributed by atoms with van der Waals surface area (Å²) in [6.45, 7) is 0. The van der Waals surface area contributed by atoms with Crippen LogP contribution in [-0.2, 0) is 10.0 Å². The van der Waals surface area contributed by atoms with E-state index in [-0.39, 0.29) is 10.3 Å². The number of benzene rings is 1. The van der Waals surface area contributed by atoms with Gasteiger partial charge in [0.15, 0.2) is 0 Å². The van der Waals surface area contributed by atoms with Gasteiger partial charge in [-0.05, 0) is 12.1 Å². The molecule has 0 bridgehead atoms. The van der Waals surface area contributed by atoms with Crippen molar-refractivity contribution in [1.82, 2.24) is 0 Å². The van der Waals surface area contributed by atoms with Gasteiger partial charge >= 0.3 is 0 Å². The van der Waals surface area contributed by atoms with Crippen LogP contribution in [0.15, 0.2) is 24.3 Å². The Balaban J connectivity index is 2.86. The van der Waals surface area contributed by atoms with Crippen LogP contribution < -0.4 is 4.72 Å². The molecule has 0 aliphatic heterocycles. The monoisotopic (exact) mass is 294 g/mol. The maximum absolute atomic E-state index is 11.1. The van der Waals surface area contributed by atoms with Crippen LogP contribution in [0, 0.1) is 10.1 Å². The third-order valence-corrected chi connectivity index (χ3v) is 4.14. The van der Waals surface area contributed by atoms with E-state index < -0.39 is 14.9 Å². The molecule has 6 nitrogen and oxygen atoms in total. The first-order valence-electron chi connectivity index (χ1n) is 3.75. The molecule has 0 fully saturated rings. The summed E-state index contributed by atoms with van der Waals surface area (Å²) in [6.07, 6.45) is 0. The van der Waals surface area contributed by atoms with Crippen LogP contribution in [0.2, 0.25) is 0 Å². The number of nitrogens with zero attached hydrogens (tertiary/aromatic N) is 1. The van der Waals surface area contributed by atoms with Crippen LogP contribution in [0.5, 0.6) is 0 Å². The molecule has 1 rings (SSSR count). The normalized spacial score (nSPS) is 11.0. The van der Waals surface area contributed by atoms with Crippen molar-refractivity contribution >= 4 is 37.3 Å². The summed E-state index contributed by atoms with van der Waals surface area (Å²) in [5.74, 6) is 0. The summed E-state index contributed by atoms with van der Waals surface area (Å²) in [5, 5.41) is 10.3. The molecule has 0 aliphatic carbocycles. The third kappa shape index (κ3) is 3.48. The zero-order valence-electron chi connectivity index (χ0n) is 7.38. The SMILES string of the molecule is O=[N+]([O-])c1ccc(NS(=O)(=O)CBr)cc1. The average molecular weight is 295 g/mol. The average Bonchev–Trinajstić information content (AvgIpc) is 2.18. The first-order chi connectivity index (χ1) is 6.94. The van der Waals surface area contributed by atoms with Crippen molar-refractivity contribution in [2.45, 2.75) is 0 Å². The highest BCUT2D eigenvalue weighted by Gasteiger charge is 2.09. The van der Waals surface area contributed by atoms with Crippen LogP contribution in [0.25, 0.3) is 0 Å². The lowest BCUT2D eigenvalue weighted by Gasteiger charge is -2.03. The lowest BCUT2D eigenvalue weighted by Crippen LogP contribution is -2.12. The number of sulfonamides is 1. The summed E-state index contributed by atoms with van der Waals surface area (Å²) < 4.78 is 24.2. The molecule has 0 aliphatic rings. The zero-order valence-corrected chi connectivity index (χ0v) is 9.79. The van der Waals surface area contributed by atoms with Gasteiger partial charge in [0, 0.05) is 17.8 Å². The van der Waals surface area contributed by atoms with E-state index in [1.807, 2.05) is 0 Å². The number of nitrogens with one attached hydrogen (secondary N) is 1. The van der Waals surface area contributed by atoms with Gasteiger partial charge in [-0.15, -0.1) is 0 Å². The fourth-order valence-corrected chi connectivity index (χ4v) is 1.75. The molecule has 0 heterocycles. The number of nitro benzene ring substituents is 1. The predicted octanol–water partition coefficient (Wildman–Crippen LogP) is 1.69. The number of alkyl halides is 1. The Hall–Kier alpha value is -1.15. The second-order valence-electron chi connectivity index (χ2n) is 2.63. The number of rotatable bonds is 4. The quantitative estimate of drug-likeness (QED) is 0.520. The molecule has 0 unspecified atom stereocenters. The molecule has 0 atom stereocenters. The van der Waals surface area contributed by atoms with Crippen molar-refractivity contribution in [2.24, 2.45) is 0 Å². The Morgan fingerprint density at radius 3 is 2.27 bits per heavy atom. The van der Waals surface area contributed by atoms with Crippen LogP contribution in [0.1, 0.15) is 0 Å². The van der Waals surface area contributed by atoms with E-state index in [0.717, 1.165) is 0 Å². The van der Waals surface area contributed by atoms with Gasteiger partial charge in [-0.25, -0.2) is 8.42 Å². The smallest absolute Gasteiger partial charge is 0.269 e. The van der Waals surface area contributed by atoms with E-state index in [9.17, 15) is 18.5 Å². The lowest BCUT2D eigenvalue weighted by molar-refractivity contribution is -0.384. The van der Waals surface area contributed by atoms with Crippen LogP contribution in [0.4, 0.5) is 11.4 Å². The number of hydrogen-bond acceptors (Lipinski definition) is 4. The number of anilines is 1. The topological polar surface area (TPSA) is 89.3 Å². The molecule has 82 valence electrons. The van der Waals surface area contributed by atoms with Gasteiger partial charge < -0.3 is 0 Å². The summed E-state index contributed by atoms with van der Waals surface area (Å²) in [7, 11) is -3.41. The molecule has 0 radical (unpaired) electrons. The molecule has 8 heteroatoms. The molecule has 0 saturated heterocycles. The van der Waals surface area contributed by atoms with Gasteiger partial charge in [0.05, 0.1) is 4.92 Å². The molecular weight excluding hydrogens is 288 g/mol. The Morgan fingerprint density at radius 1 is 1.33 bits per heavy atom. The summed E-state index contributed by atoms with van der Waals surface area (Å²) in [5.41, 5.74) is 0.205. The van der Waals surface area contributed by atoms with Gasteiger partial charge in [0.2, 0.25) is 10.0 Å². The number of halogens is 1. The second-order valence-corrected chi connectivity index (χ2v) is 5.66. The van der Waals surface area contributed by atoms with Crippen molar-refractivity contribution in [2.75, 3.05) is 9.38 Å². The highest BCUT2D eigenvalue weighted by atomic mass is 79.9. The van der Waals surface area contributed by atoms with Gasteiger partial charge in [0.25, 0.3) is 5.69 Å². The standard InChI is InChI=1S/C7H7BrN2O4S/c8-5-15(13,14)9-6-1-3-7(4-2-6)10(11)12/h1-4,9H,5H2. The van der Waals surface area contributed by atoms with E-state index in [0.29, 0.717) is 5.69 Å². The number of nitro groups is 1. The van der Waals surface area contributed by atoms with Crippen molar-refractivity contribution in [1.29, 1.82) is 0 Å². The van der Waals surface area contributed by atoms with Crippen molar-refractivity contribution in [3.05, 3.63) is 34.4 Å². The van der Waals surface area contributed by atoms with E-state index in [2.05, 4.69) is 20.7 Å². The van der Waals surface area contributed by atoms with Crippen LogP contribution in [0.3, 0.4) is 0 Å². The molecular formula is C7H7BrN2O4S. The van der Waals surface area contributed by atoms with Crippen molar-refractivity contribution < 1.29 is 13.3 Å². The Labute approximate surface area is 94.6 Å². The summed E-state index contributed by atoms with van der Waals surface area (Å²) in [4.78, 5) is 9.76. The zero-order chi connectivity index (χ0) is 11.5. The highest BCUT2D eigenvalue weighted by Crippen LogP contribution is 2.16. The number of non-ortho nitro benzene ring substituents is 1. The van der Waals surface area contributed by atoms with E-state index in [1.54, 1.807) is 0 Å². The predicted molar refractivity (Wildman–Crippen MR) is 59.4 cm³/mol. The lowest BCUT2D eigenvalue weighted by atomic mass is 10.3. The minimum Gasteiger partial charge on any atom is -0.283 e. The maximum Gasteiger partial charge on any atom is 0.269 e. The second kappa shape index (κ2) is 4.58. The molecule has 1 aromatic rings. The molecule has 0 saturated carbocycles. The molecule has 1 aromatic carbocycles. The fourth-order valence-electron chi connectivity index (χ4n) is 0.858. The highest BCUT2D eigenvalue weighted by molar-refractivity contribution is 9.10. The van der Waals surface area contributed by atoms with Crippen LogP contribution in [-0.4, -0.2) is 18.0 Å². The molecule has 0 amide bonds. The Morgan fingerprint density at radius 2 is 1.87 bits per heavy atom. The fraction of sp³-hybridized carbons (Fsp3) is 0.143. The van der Waals surface area contributed by atoms with Crippen LogP contribution >= 0.6 is 15.9 Å². The van der Waals surface area contributed by atoms with E-state index in [1.165, 1.54) is 24.3 Å². The van der Waals surface area contributed by atoms with Gasteiger partial charge in [-0.1, -0.05) is 15.9 Å². The minimum absolute atomic E-state index is 0.0863. The summed E-state index contributed by atoms with van der Waals surface area (Å²) in [6, 6.07) is 5.12. The molecule has 15 heavy (non-hydrogen) atoms. The molecule has 0 spiro atoms. The van der Waals surface area contributed by atoms with Gasteiger partial charge in [-0.3, -0.25) is 14.8 Å². The Kier molecular flexibility index (Phi) is 3.64. The van der Waals surface area contributed by atoms with E-state index in [4.69, 9.17) is 0 Å².